The largest absolute Gasteiger partial charge is 0.351 e. The molecule has 3 atom stereocenters. The molecule has 4 N–H and O–H groups in total. The number of carbonyl (C=O) groups excluding carboxylic acids is 3. The van der Waals surface area contributed by atoms with E-state index in [2.05, 4.69) is 10.6 Å². The van der Waals surface area contributed by atoms with Crippen molar-refractivity contribution in [3.05, 3.63) is 70.2 Å². The second kappa shape index (κ2) is 13.0. The number of benzene rings is 2. The van der Waals surface area contributed by atoms with E-state index in [1.807, 2.05) is 62.1 Å². The molecule has 0 spiro atoms. The molecule has 8 heteroatoms. The number of halogens is 1. The average Bonchev–Trinajstić information content (AvgIpc) is 3.33. The van der Waals surface area contributed by atoms with Crippen molar-refractivity contribution in [2.75, 3.05) is 13.1 Å². The number of fused-ring (bicyclic) bond motifs is 1. The average molecular weight is 607 g/mol. The third kappa shape index (κ3) is 7.09. The van der Waals surface area contributed by atoms with Gasteiger partial charge in [0.25, 0.3) is 0 Å². The van der Waals surface area contributed by atoms with Gasteiger partial charge < -0.3 is 21.3 Å². The molecule has 1 saturated carbocycles. The Bertz CT molecular complexity index is 1310. The summed E-state index contributed by atoms with van der Waals surface area (Å²) in [5.41, 5.74) is 8.72. The number of rotatable bonds is 7. The standard InChI is InChI=1S/C35H47ClN4O3/c1-34(2,3)39-33(43)35(25-10-5-4-6-11-25)17-19-40(20-18-35)32(42)29(21-23-13-15-26(36)16-14-23)38-31(41)28-22-24-9-7-8-12-27(24)30(28)37/h7-9,12-16,25,28-30H,4-6,10-11,17-22,37H2,1-3H3,(H,38,41)(H,39,43). The minimum absolute atomic E-state index is 0.110. The Morgan fingerprint density at radius 3 is 2.28 bits per heavy atom. The van der Waals surface area contributed by atoms with E-state index in [1.54, 1.807) is 12.1 Å². The lowest BCUT2D eigenvalue weighted by Gasteiger charge is -2.48. The zero-order valence-electron chi connectivity index (χ0n) is 25.8. The summed E-state index contributed by atoms with van der Waals surface area (Å²) < 4.78 is 0. The molecule has 0 bridgehead atoms. The van der Waals surface area contributed by atoms with Gasteiger partial charge in [0.1, 0.15) is 6.04 Å². The summed E-state index contributed by atoms with van der Waals surface area (Å²) >= 11 is 6.13. The van der Waals surface area contributed by atoms with Crippen LogP contribution in [-0.2, 0) is 27.2 Å². The van der Waals surface area contributed by atoms with E-state index in [1.165, 1.54) is 6.42 Å². The molecule has 3 amide bonds. The predicted octanol–water partition coefficient (Wildman–Crippen LogP) is 5.34. The lowest BCUT2D eigenvalue weighted by Crippen LogP contribution is -2.59. The lowest BCUT2D eigenvalue weighted by atomic mass is 9.63. The van der Waals surface area contributed by atoms with E-state index in [4.69, 9.17) is 17.3 Å². The van der Waals surface area contributed by atoms with Crippen LogP contribution < -0.4 is 16.4 Å². The Balaban J connectivity index is 1.33. The predicted molar refractivity (Wildman–Crippen MR) is 170 cm³/mol. The lowest BCUT2D eigenvalue weighted by molar-refractivity contribution is -0.147. The molecule has 2 aromatic carbocycles. The number of likely N-dealkylation sites (tertiary alicyclic amines) is 1. The molecule has 2 fully saturated rings. The number of carbonyl (C=O) groups is 3. The molecule has 3 unspecified atom stereocenters. The van der Waals surface area contributed by atoms with Crippen molar-refractivity contribution >= 4 is 29.3 Å². The number of amides is 3. The van der Waals surface area contributed by atoms with Gasteiger partial charge in [-0.1, -0.05) is 67.3 Å². The minimum Gasteiger partial charge on any atom is -0.351 e. The Morgan fingerprint density at radius 2 is 1.65 bits per heavy atom. The molecular formula is C35H47ClN4O3. The zero-order valence-corrected chi connectivity index (χ0v) is 26.6. The molecule has 0 aromatic heterocycles. The second-order valence-corrected chi connectivity index (χ2v) is 14.4. The first-order valence-corrected chi connectivity index (χ1v) is 16.3. The van der Waals surface area contributed by atoms with Crippen molar-refractivity contribution in [1.29, 1.82) is 0 Å². The van der Waals surface area contributed by atoms with Crippen LogP contribution in [0, 0.1) is 17.3 Å². The normalized spacial score (nSPS) is 22.9. The van der Waals surface area contributed by atoms with Crippen LogP contribution in [-0.4, -0.2) is 47.3 Å². The van der Waals surface area contributed by atoms with Crippen molar-refractivity contribution in [3.63, 3.8) is 0 Å². The number of piperidine rings is 1. The van der Waals surface area contributed by atoms with Crippen molar-refractivity contribution in [1.82, 2.24) is 15.5 Å². The Labute approximate surface area is 261 Å². The molecule has 0 radical (unpaired) electrons. The fourth-order valence-electron chi connectivity index (χ4n) is 7.50. The highest BCUT2D eigenvalue weighted by atomic mass is 35.5. The van der Waals surface area contributed by atoms with E-state index in [-0.39, 0.29) is 23.3 Å². The molecule has 5 rings (SSSR count). The zero-order chi connectivity index (χ0) is 30.8. The monoisotopic (exact) mass is 606 g/mol. The highest BCUT2D eigenvalue weighted by Gasteiger charge is 2.49. The quantitative estimate of drug-likeness (QED) is 0.395. The van der Waals surface area contributed by atoms with Gasteiger partial charge in [-0.2, -0.15) is 0 Å². The molecule has 7 nitrogen and oxygen atoms in total. The van der Waals surface area contributed by atoms with Gasteiger partial charge in [-0.15, -0.1) is 0 Å². The van der Waals surface area contributed by atoms with E-state index in [0.717, 1.165) is 42.4 Å². The third-order valence-electron chi connectivity index (χ3n) is 9.89. The fraction of sp³-hybridized carbons (Fsp3) is 0.571. The summed E-state index contributed by atoms with van der Waals surface area (Å²) in [5, 5.41) is 7.00. The Morgan fingerprint density at radius 1 is 1.00 bits per heavy atom. The van der Waals surface area contributed by atoms with Crippen molar-refractivity contribution in [2.45, 2.75) is 96.2 Å². The maximum absolute atomic E-state index is 14.2. The molecule has 1 aliphatic heterocycles. The fourth-order valence-corrected chi connectivity index (χ4v) is 7.63. The van der Waals surface area contributed by atoms with Crippen molar-refractivity contribution in [3.8, 4) is 0 Å². The smallest absolute Gasteiger partial charge is 0.245 e. The highest BCUT2D eigenvalue weighted by molar-refractivity contribution is 6.30. The molecule has 2 aromatic rings. The van der Waals surface area contributed by atoms with Gasteiger partial charge in [0.05, 0.1) is 11.3 Å². The first-order chi connectivity index (χ1) is 20.5. The van der Waals surface area contributed by atoms with Crippen LogP contribution in [0.5, 0.6) is 0 Å². The van der Waals surface area contributed by atoms with E-state index < -0.39 is 23.4 Å². The molecule has 232 valence electrons. The topological polar surface area (TPSA) is 105 Å². The number of hydrogen-bond donors (Lipinski definition) is 3. The van der Waals surface area contributed by atoms with E-state index >= 15 is 0 Å². The maximum atomic E-state index is 14.2. The maximum Gasteiger partial charge on any atom is 0.245 e. The Kier molecular flexibility index (Phi) is 9.52. The van der Waals surface area contributed by atoms with Crippen LogP contribution in [0.2, 0.25) is 5.02 Å². The van der Waals surface area contributed by atoms with E-state index in [0.29, 0.717) is 49.7 Å². The van der Waals surface area contributed by atoms with Gasteiger partial charge in [-0.3, -0.25) is 14.4 Å². The Hall–Kier alpha value is -2.90. The first kappa shape index (κ1) is 31.5. The van der Waals surface area contributed by atoms with Gasteiger partial charge in [0.15, 0.2) is 0 Å². The summed E-state index contributed by atoms with van der Waals surface area (Å²) in [6.07, 6.45) is 7.83. The van der Waals surface area contributed by atoms with Crippen LogP contribution in [0.15, 0.2) is 48.5 Å². The number of nitrogens with zero attached hydrogens (tertiary/aromatic N) is 1. The van der Waals surface area contributed by atoms with Gasteiger partial charge in [0.2, 0.25) is 17.7 Å². The summed E-state index contributed by atoms with van der Waals surface area (Å²) in [4.78, 5) is 43.5. The molecule has 3 aliphatic rings. The summed E-state index contributed by atoms with van der Waals surface area (Å²) in [6, 6.07) is 14.1. The molecule has 2 aliphatic carbocycles. The summed E-state index contributed by atoms with van der Waals surface area (Å²) in [7, 11) is 0. The molecular weight excluding hydrogens is 560 g/mol. The van der Waals surface area contributed by atoms with Gasteiger partial charge in [-0.05, 0) is 87.6 Å². The molecule has 1 heterocycles. The van der Waals surface area contributed by atoms with Crippen LogP contribution in [0.3, 0.4) is 0 Å². The summed E-state index contributed by atoms with van der Waals surface area (Å²) in [5.74, 6) is -0.287. The van der Waals surface area contributed by atoms with Crippen LogP contribution in [0.1, 0.15) is 88.4 Å². The van der Waals surface area contributed by atoms with Crippen LogP contribution in [0.4, 0.5) is 0 Å². The van der Waals surface area contributed by atoms with E-state index in [9.17, 15) is 14.4 Å². The number of nitrogens with two attached hydrogens (primary N) is 1. The summed E-state index contributed by atoms with van der Waals surface area (Å²) in [6.45, 7) is 7.06. The third-order valence-corrected chi connectivity index (χ3v) is 10.1. The number of nitrogens with one attached hydrogen (secondary N) is 2. The van der Waals surface area contributed by atoms with Crippen molar-refractivity contribution in [2.24, 2.45) is 23.0 Å². The van der Waals surface area contributed by atoms with Gasteiger partial charge >= 0.3 is 0 Å². The first-order valence-electron chi connectivity index (χ1n) is 16.0. The van der Waals surface area contributed by atoms with Gasteiger partial charge in [0, 0.05) is 36.1 Å². The molecule has 43 heavy (non-hydrogen) atoms. The second-order valence-electron chi connectivity index (χ2n) is 13.9. The van der Waals surface area contributed by atoms with Crippen LogP contribution >= 0.6 is 11.6 Å². The number of hydrogen-bond acceptors (Lipinski definition) is 4. The molecule has 1 saturated heterocycles. The minimum atomic E-state index is -0.741. The SMILES string of the molecule is CC(C)(C)NC(=O)C1(C2CCCCC2)CCN(C(=O)C(Cc2ccc(Cl)cc2)NC(=O)C2Cc3ccccc3C2N)CC1. The highest BCUT2D eigenvalue weighted by Crippen LogP contribution is 2.46. The van der Waals surface area contributed by atoms with Gasteiger partial charge in [-0.25, -0.2) is 0 Å². The van der Waals surface area contributed by atoms with Crippen molar-refractivity contribution < 1.29 is 14.4 Å². The van der Waals surface area contributed by atoms with Crippen LogP contribution in [0.25, 0.3) is 0 Å².